The molecule has 0 radical (unpaired) electrons. The number of ketones is 1. The summed E-state index contributed by atoms with van der Waals surface area (Å²) in [4.78, 5) is 27.3. The molecule has 1 amide bonds. The van der Waals surface area contributed by atoms with Crippen LogP contribution in [0.2, 0.25) is 10.0 Å². The lowest BCUT2D eigenvalue weighted by atomic mass is 9.95. The highest BCUT2D eigenvalue weighted by molar-refractivity contribution is 6.51. The Balaban J connectivity index is 1.96. The van der Waals surface area contributed by atoms with Crippen molar-refractivity contribution in [3.05, 3.63) is 106 Å². The van der Waals surface area contributed by atoms with Crippen LogP contribution < -0.4 is 4.90 Å². The van der Waals surface area contributed by atoms with Gasteiger partial charge in [0.25, 0.3) is 11.7 Å². The number of aliphatic hydroxyl groups is 1. The average molecular weight is 424 g/mol. The Morgan fingerprint density at radius 1 is 0.828 bits per heavy atom. The minimum atomic E-state index is -0.814. The number of carbonyl (C=O) groups excluding carboxylic acids is 2. The standard InChI is InChI=1S/C23H15Cl2NO3/c24-16-11-9-14(10-12-16)20-19(21(27)15-5-2-1-3-6-15)22(28)23(29)26(20)18-8-4-7-17(25)13-18/h1-13,20,27H/b21-19+/t20-/m1/s1. The van der Waals surface area contributed by atoms with E-state index in [2.05, 4.69) is 0 Å². The summed E-state index contributed by atoms with van der Waals surface area (Å²) in [5.41, 5.74) is 1.58. The molecule has 1 fully saturated rings. The van der Waals surface area contributed by atoms with E-state index in [1.54, 1.807) is 78.9 Å². The van der Waals surface area contributed by atoms with Gasteiger partial charge in [0.2, 0.25) is 0 Å². The first-order valence-corrected chi connectivity index (χ1v) is 9.60. The SMILES string of the molecule is O=C1C(=O)N(c2cccc(Cl)c2)[C@H](c2ccc(Cl)cc2)/C1=C(\O)c1ccccc1. The van der Waals surface area contributed by atoms with Crippen molar-refractivity contribution >= 4 is 46.3 Å². The summed E-state index contributed by atoms with van der Waals surface area (Å²) in [5.74, 6) is -1.72. The van der Waals surface area contributed by atoms with Crippen LogP contribution in [-0.2, 0) is 9.59 Å². The highest BCUT2D eigenvalue weighted by Crippen LogP contribution is 2.42. The molecule has 0 unspecified atom stereocenters. The zero-order valence-corrected chi connectivity index (χ0v) is 16.6. The van der Waals surface area contributed by atoms with Gasteiger partial charge >= 0.3 is 0 Å². The highest BCUT2D eigenvalue weighted by Gasteiger charge is 2.46. The normalized spacial score (nSPS) is 18.3. The van der Waals surface area contributed by atoms with Crippen LogP contribution >= 0.6 is 23.2 Å². The molecule has 3 aromatic rings. The van der Waals surface area contributed by atoms with E-state index in [4.69, 9.17) is 23.2 Å². The number of carbonyl (C=O) groups is 2. The molecule has 1 heterocycles. The molecular formula is C23H15Cl2NO3. The molecule has 0 aromatic heterocycles. The number of benzene rings is 3. The van der Waals surface area contributed by atoms with Crippen molar-refractivity contribution in [2.75, 3.05) is 4.90 Å². The van der Waals surface area contributed by atoms with Crippen LogP contribution in [-0.4, -0.2) is 16.8 Å². The zero-order chi connectivity index (χ0) is 20.5. The lowest BCUT2D eigenvalue weighted by molar-refractivity contribution is -0.132. The van der Waals surface area contributed by atoms with Crippen molar-refractivity contribution in [2.24, 2.45) is 0 Å². The number of amides is 1. The van der Waals surface area contributed by atoms with Crippen LogP contribution in [0.4, 0.5) is 5.69 Å². The summed E-state index contributed by atoms with van der Waals surface area (Å²) in [6.45, 7) is 0. The van der Waals surface area contributed by atoms with Crippen molar-refractivity contribution < 1.29 is 14.7 Å². The van der Waals surface area contributed by atoms with Crippen molar-refractivity contribution in [3.8, 4) is 0 Å². The Labute approximate surface area is 177 Å². The summed E-state index contributed by atoms with van der Waals surface area (Å²) >= 11 is 12.1. The molecule has 29 heavy (non-hydrogen) atoms. The fourth-order valence-electron chi connectivity index (χ4n) is 3.44. The predicted octanol–water partition coefficient (Wildman–Crippen LogP) is 5.62. The van der Waals surface area contributed by atoms with E-state index < -0.39 is 17.7 Å². The fourth-order valence-corrected chi connectivity index (χ4v) is 3.75. The topological polar surface area (TPSA) is 57.6 Å². The first kappa shape index (κ1) is 19.2. The number of nitrogens with zero attached hydrogens (tertiary/aromatic N) is 1. The summed E-state index contributed by atoms with van der Waals surface area (Å²) < 4.78 is 0. The van der Waals surface area contributed by atoms with Gasteiger partial charge < -0.3 is 5.11 Å². The molecule has 0 aliphatic carbocycles. The van der Waals surface area contributed by atoms with Gasteiger partial charge in [-0.1, -0.05) is 71.7 Å². The number of anilines is 1. The number of hydrogen-bond donors (Lipinski definition) is 1. The van der Waals surface area contributed by atoms with E-state index in [0.29, 0.717) is 26.9 Å². The lowest BCUT2D eigenvalue weighted by Crippen LogP contribution is -2.29. The monoisotopic (exact) mass is 423 g/mol. The summed E-state index contributed by atoms with van der Waals surface area (Å²) in [7, 11) is 0. The molecule has 0 spiro atoms. The smallest absolute Gasteiger partial charge is 0.300 e. The molecule has 0 bridgehead atoms. The molecular weight excluding hydrogens is 409 g/mol. The molecule has 1 N–H and O–H groups in total. The van der Waals surface area contributed by atoms with Gasteiger partial charge in [-0.15, -0.1) is 0 Å². The van der Waals surface area contributed by atoms with E-state index in [0.717, 1.165) is 0 Å². The largest absolute Gasteiger partial charge is 0.507 e. The summed E-state index contributed by atoms with van der Waals surface area (Å²) in [5, 5.41) is 11.9. The van der Waals surface area contributed by atoms with Gasteiger partial charge in [-0.25, -0.2) is 0 Å². The zero-order valence-electron chi connectivity index (χ0n) is 15.0. The molecule has 0 saturated carbocycles. The number of aliphatic hydroxyl groups excluding tert-OH is 1. The van der Waals surface area contributed by atoms with Crippen molar-refractivity contribution in [1.29, 1.82) is 0 Å². The third-order valence-corrected chi connectivity index (χ3v) is 5.25. The van der Waals surface area contributed by atoms with Crippen molar-refractivity contribution in [3.63, 3.8) is 0 Å². The molecule has 144 valence electrons. The third-order valence-electron chi connectivity index (χ3n) is 4.76. The Kier molecular flexibility index (Phi) is 5.14. The maximum Gasteiger partial charge on any atom is 0.300 e. The van der Waals surface area contributed by atoms with Crippen LogP contribution in [0.5, 0.6) is 0 Å². The Morgan fingerprint density at radius 2 is 1.52 bits per heavy atom. The minimum absolute atomic E-state index is 0.0171. The second kappa shape index (κ2) is 7.74. The van der Waals surface area contributed by atoms with Crippen LogP contribution in [0.3, 0.4) is 0 Å². The lowest BCUT2D eigenvalue weighted by Gasteiger charge is -2.25. The third kappa shape index (κ3) is 3.53. The molecule has 4 rings (SSSR count). The first-order chi connectivity index (χ1) is 14.0. The summed E-state index contributed by atoms with van der Waals surface area (Å²) in [6.07, 6.45) is 0. The number of Topliss-reactive ketones (excluding diaryl/α,β-unsaturated/α-hetero) is 1. The van der Waals surface area contributed by atoms with Gasteiger partial charge in [-0.3, -0.25) is 14.5 Å². The number of rotatable bonds is 3. The van der Waals surface area contributed by atoms with Crippen LogP contribution in [0.25, 0.3) is 5.76 Å². The van der Waals surface area contributed by atoms with E-state index in [1.807, 2.05) is 0 Å². The van der Waals surface area contributed by atoms with Gasteiger partial charge in [0.05, 0.1) is 11.6 Å². The van der Waals surface area contributed by atoms with E-state index >= 15 is 0 Å². The second-order valence-corrected chi connectivity index (χ2v) is 7.44. The number of hydrogen-bond acceptors (Lipinski definition) is 3. The highest BCUT2D eigenvalue weighted by atomic mass is 35.5. The molecule has 1 aliphatic heterocycles. The Morgan fingerprint density at radius 3 is 2.17 bits per heavy atom. The molecule has 1 aliphatic rings. The minimum Gasteiger partial charge on any atom is -0.507 e. The molecule has 1 saturated heterocycles. The molecule has 3 aromatic carbocycles. The van der Waals surface area contributed by atoms with E-state index in [-0.39, 0.29) is 11.3 Å². The van der Waals surface area contributed by atoms with Crippen LogP contribution in [0, 0.1) is 0 Å². The van der Waals surface area contributed by atoms with Crippen LogP contribution in [0.15, 0.2) is 84.4 Å². The fraction of sp³-hybridized carbons (Fsp3) is 0.0435. The van der Waals surface area contributed by atoms with E-state index in [9.17, 15) is 14.7 Å². The van der Waals surface area contributed by atoms with Gasteiger partial charge in [-0.2, -0.15) is 0 Å². The van der Waals surface area contributed by atoms with Gasteiger partial charge in [0, 0.05) is 21.3 Å². The Bertz CT molecular complexity index is 1120. The van der Waals surface area contributed by atoms with Gasteiger partial charge in [0.1, 0.15) is 5.76 Å². The number of halogens is 2. The van der Waals surface area contributed by atoms with Crippen molar-refractivity contribution in [2.45, 2.75) is 6.04 Å². The Hall–Kier alpha value is -3.08. The quantitative estimate of drug-likeness (QED) is 0.337. The summed E-state index contributed by atoms with van der Waals surface area (Å²) in [6, 6.07) is 21.4. The van der Waals surface area contributed by atoms with E-state index in [1.165, 1.54) is 4.90 Å². The molecule has 1 atom stereocenters. The van der Waals surface area contributed by atoms with Crippen LogP contribution in [0.1, 0.15) is 17.2 Å². The maximum absolute atomic E-state index is 13.0. The predicted molar refractivity (Wildman–Crippen MR) is 114 cm³/mol. The van der Waals surface area contributed by atoms with Gasteiger partial charge in [-0.05, 0) is 35.9 Å². The first-order valence-electron chi connectivity index (χ1n) is 8.85. The molecule has 6 heteroatoms. The van der Waals surface area contributed by atoms with Crippen molar-refractivity contribution in [1.82, 2.24) is 0 Å². The average Bonchev–Trinajstić information content (AvgIpc) is 2.99. The maximum atomic E-state index is 13.0. The van der Waals surface area contributed by atoms with Gasteiger partial charge in [0.15, 0.2) is 0 Å². The second-order valence-electron chi connectivity index (χ2n) is 6.57. The molecule has 4 nitrogen and oxygen atoms in total.